The van der Waals surface area contributed by atoms with Gasteiger partial charge < -0.3 is 10.1 Å². The molecule has 2 saturated heterocycles. The molecule has 34 heavy (non-hydrogen) atoms. The zero-order chi connectivity index (χ0) is 23.7. The van der Waals surface area contributed by atoms with Gasteiger partial charge in [-0.05, 0) is 42.9 Å². The fourth-order valence-electron chi connectivity index (χ4n) is 4.92. The van der Waals surface area contributed by atoms with Gasteiger partial charge in [0, 0.05) is 45.0 Å². The first-order chi connectivity index (χ1) is 16.5. The number of rotatable bonds is 8. The summed E-state index contributed by atoms with van der Waals surface area (Å²) in [5.41, 5.74) is 2.53. The molecule has 0 radical (unpaired) electrons. The molecule has 8 nitrogen and oxygen atoms in total. The standard InChI is InChI=1S/C26H36N6O2/c1-18(2)23-17-34-26(33)32(23)24-10-11-27-25(29-24)28-19(3)21-6-4-20(5-7-21)16-30-12-14-31(15-13-30)22-8-9-22/h4-7,10-11,18-19,22-23H,8-9,12-17H2,1-3H3,(H,27,28,29)/t19-,23+/m0/s1. The largest absolute Gasteiger partial charge is 0.447 e. The van der Waals surface area contributed by atoms with E-state index in [1.165, 1.54) is 37.1 Å². The Labute approximate surface area is 202 Å². The Morgan fingerprint density at radius 1 is 1.06 bits per heavy atom. The Bertz CT molecular complexity index is 985. The average molecular weight is 465 g/mol. The molecule has 5 rings (SSSR count). The fraction of sp³-hybridized carbons (Fsp3) is 0.577. The van der Waals surface area contributed by atoms with Crippen LogP contribution in [0.3, 0.4) is 0 Å². The van der Waals surface area contributed by atoms with Crippen LogP contribution in [-0.2, 0) is 11.3 Å². The molecule has 0 bridgehead atoms. The lowest BCUT2D eigenvalue weighted by molar-refractivity contribution is 0.121. The van der Waals surface area contributed by atoms with Crippen molar-refractivity contribution in [2.75, 3.05) is 43.0 Å². The number of amides is 1. The highest BCUT2D eigenvalue weighted by Gasteiger charge is 2.37. The number of hydrogen-bond acceptors (Lipinski definition) is 7. The summed E-state index contributed by atoms with van der Waals surface area (Å²) in [6, 6.07) is 11.5. The first-order valence-corrected chi connectivity index (χ1v) is 12.6. The van der Waals surface area contributed by atoms with Crippen LogP contribution in [0.2, 0.25) is 0 Å². The number of carbonyl (C=O) groups excluding carboxylic acids is 1. The van der Waals surface area contributed by atoms with E-state index in [4.69, 9.17) is 4.74 Å². The molecule has 3 fully saturated rings. The van der Waals surface area contributed by atoms with Gasteiger partial charge in [0.2, 0.25) is 5.95 Å². The minimum absolute atomic E-state index is 0.0168. The van der Waals surface area contributed by atoms with Crippen LogP contribution in [0.25, 0.3) is 0 Å². The number of hydrogen-bond donors (Lipinski definition) is 1. The molecule has 2 atom stereocenters. The highest BCUT2D eigenvalue weighted by molar-refractivity contribution is 5.89. The normalized spacial score (nSPS) is 22.8. The average Bonchev–Trinajstić information content (AvgIpc) is 3.61. The molecule has 1 saturated carbocycles. The number of aromatic nitrogens is 2. The number of benzene rings is 1. The fourth-order valence-corrected chi connectivity index (χ4v) is 4.92. The summed E-state index contributed by atoms with van der Waals surface area (Å²) >= 11 is 0. The second-order valence-corrected chi connectivity index (χ2v) is 10.1. The number of cyclic esters (lactones) is 1. The lowest BCUT2D eigenvalue weighted by atomic mass is 10.0. The minimum Gasteiger partial charge on any atom is -0.447 e. The lowest BCUT2D eigenvalue weighted by Gasteiger charge is -2.34. The zero-order valence-electron chi connectivity index (χ0n) is 20.5. The zero-order valence-corrected chi connectivity index (χ0v) is 20.5. The highest BCUT2D eigenvalue weighted by Crippen LogP contribution is 2.28. The molecular weight excluding hydrogens is 428 g/mol. The maximum Gasteiger partial charge on any atom is 0.415 e. The van der Waals surface area contributed by atoms with Crippen LogP contribution in [0.4, 0.5) is 16.6 Å². The van der Waals surface area contributed by atoms with Crippen LogP contribution in [0.5, 0.6) is 0 Å². The van der Waals surface area contributed by atoms with Gasteiger partial charge in [-0.25, -0.2) is 9.78 Å². The molecule has 1 aromatic carbocycles. The molecule has 1 aromatic heterocycles. The van der Waals surface area contributed by atoms with Crippen molar-refractivity contribution in [3.63, 3.8) is 0 Å². The summed E-state index contributed by atoms with van der Waals surface area (Å²) in [5, 5.41) is 3.39. The monoisotopic (exact) mass is 464 g/mol. The molecule has 2 aromatic rings. The van der Waals surface area contributed by atoms with Gasteiger partial charge in [0.25, 0.3) is 0 Å². The van der Waals surface area contributed by atoms with Gasteiger partial charge in [0.15, 0.2) is 0 Å². The summed E-state index contributed by atoms with van der Waals surface area (Å²) in [6.45, 7) is 12.4. The van der Waals surface area contributed by atoms with E-state index >= 15 is 0 Å². The van der Waals surface area contributed by atoms with E-state index in [-0.39, 0.29) is 24.1 Å². The maximum absolute atomic E-state index is 12.3. The van der Waals surface area contributed by atoms with Crippen LogP contribution in [-0.4, -0.2) is 70.7 Å². The molecule has 3 heterocycles. The van der Waals surface area contributed by atoms with Gasteiger partial charge in [-0.1, -0.05) is 38.1 Å². The van der Waals surface area contributed by atoms with E-state index in [0.717, 1.165) is 25.7 Å². The molecular formula is C26H36N6O2. The number of nitrogens with zero attached hydrogens (tertiary/aromatic N) is 5. The second kappa shape index (κ2) is 9.88. The van der Waals surface area contributed by atoms with Crippen LogP contribution in [0, 0.1) is 5.92 Å². The van der Waals surface area contributed by atoms with Crippen LogP contribution >= 0.6 is 0 Å². The SMILES string of the molecule is CC(C)[C@H]1COC(=O)N1c1ccnc(N[C@@H](C)c2ccc(CN3CCN(C4CC4)CC3)cc2)n1. The van der Waals surface area contributed by atoms with E-state index in [2.05, 4.69) is 70.1 Å². The van der Waals surface area contributed by atoms with Crippen molar-refractivity contribution in [1.82, 2.24) is 19.8 Å². The summed E-state index contributed by atoms with van der Waals surface area (Å²) in [7, 11) is 0. The van der Waals surface area contributed by atoms with Crippen molar-refractivity contribution in [3.8, 4) is 0 Å². The van der Waals surface area contributed by atoms with Crippen LogP contribution in [0.1, 0.15) is 50.8 Å². The maximum atomic E-state index is 12.3. The summed E-state index contributed by atoms with van der Waals surface area (Å²) < 4.78 is 5.27. The third-order valence-corrected chi connectivity index (χ3v) is 7.26. The van der Waals surface area contributed by atoms with Crippen molar-refractivity contribution in [2.24, 2.45) is 5.92 Å². The number of ether oxygens (including phenoxy) is 1. The van der Waals surface area contributed by atoms with Gasteiger partial charge in [-0.3, -0.25) is 14.7 Å². The molecule has 8 heteroatoms. The molecule has 0 spiro atoms. The van der Waals surface area contributed by atoms with Gasteiger partial charge in [-0.15, -0.1) is 0 Å². The second-order valence-electron chi connectivity index (χ2n) is 10.1. The van der Waals surface area contributed by atoms with Crippen molar-refractivity contribution in [3.05, 3.63) is 47.7 Å². The molecule has 1 N–H and O–H groups in total. The number of carbonyl (C=O) groups is 1. The van der Waals surface area contributed by atoms with Crippen LogP contribution < -0.4 is 10.2 Å². The van der Waals surface area contributed by atoms with E-state index in [1.54, 1.807) is 17.2 Å². The van der Waals surface area contributed by atoms with Crippen molar-refractivity contribution in [2.45, 2.75) is 58.3 Å². The van der Waals surface area contributed by atoms with E-state index in [1.807, 2.05) is 0 Å². The molecule has 1 aliphatic carbocycles. The topological polar surface area (TPSA) is 73.8 Å². The van der Waals surface area contributed by atoms with Gasteiger partial charge in [0.05, 0.1) is 12.1 Å². The number of nitrogens with one attached hydrogen (secondary N) is 1. The van der Waals surface area contributed by atoms with E-state index in [0.29, 0.717) is 18.4 Å². The van der Waals surface area contributed by atoms with Crippen molar-refractivity contribution >= 4 is 17.9 Å². The molecule has 182 valence electrons. The Balaban J connectivity index is 1.18. The molecule has 2 aliphatic heterocycles. The summed E-state index contributed by atoms with van der Waals surface area (Å²) in [6.07, 6.45) is 4.13. The minimum atomic E-state index is -0.346. The van der Waals surface area contributed by atoms with E-state index < -0.39 is 0 Å². The Hall–Kier alpha value is -2.71. The Morgan fingerprint density at radius 3 is 2.47 bits per heavy atom. The third kappa shape index (κ3) is 5.18. The number of anilines is 2. The van der Waals surface area contributed by atoms with Gasteiger partial charge >= 0.3 is 6.09 Å². The van der Waals surface area contributed by atoms with Crippen molar-refractivity contribution in [1.29, 1.82) is 0 Å². The first kappa shape index (κ1) is 23.1. The van der Waals surface area contributed by atoms with E-state index in [9.17, 15) is 4.79 Å². The quantitative estimate of drug-likeness (QED) is 0.635. The van der Waals surface area contributed by atoms with Gasteiger partial charge in [0.1, 0.15) is 12.4 Å². The highest BCUT2D eigenvalue weighted by atomic mass is 16.6. The number of piperazine rings is 1. The Kier molecular flexibility index (Phi) is 6.70. The lowest BCUT2D eigenvalue weighted by Crippen LogP contribution is -2.46. The molecule has 1 amide bonds. The summed E-state index contributed by atoms with van der Waals surface area (Å²) in [4.78, 5) is 28.1. The van der Waals surface area contributed by atoms with Crippen LogP contribution in [0.15, 0.2) is 36.5 Å². The third-order valence-electron chi connectivity index (χ3n) is 7.26. The first-order valence-electron chi connectivity index (χ1n) is 12.6. The Morgan fingerprint density at radius 2 is 1.79 bits per heavy atom. The molecule has 3 aliphatic rings. The summed E-state index contributed by atoms with van der Waals surface area (Å²) in [5.74, 6) is 1.35. The van der Waals surface area contributed by atoms with Crippen molar-refractivity contribution < 1.29 is 9.53 Å². The predicted octanol–water partition coefficient (Wildman–Crippen LogP) is 3.91. The smallest absolute Gasteiger partial charge is 0.415 e. The van der Waals surface area contributed by atoms with Gasteiger partial charge in [-0.2, -0.15) is 4.98 Å². The molecule has 0 unspecified atom stereocenters. The predicted molar refractivity (Wildman–Crippen MR) is 133 cm³/mol.